The molecule has 3 heterocycles. The predicted molar refractivity (Wildman–Crippen MR) is 93.3 cm³/mol. The number of thiophene rings is 1. The van der Waals surface area contributed by atoms with E-state index in [9.17, 15) is 4.79 Å². The van der Waals surface area contributed by atoms with E-state index >= 15 is 0 Å². The first-order valence-electron chi connectivity index (χ1n) is 6.39. The summed E-state index contributed by atoms with van der Waals surface area (Å²) in [5.74, 6) is 0.556. The van der Waals surface area contributed by atoms with Gasteiger partial charge < -0.3 is 9.15 Å². The van der Waals surface area contributed by atoms with Gasteiger partial charge in [0.15, 0.2) is 5.76 Å². The molecule has 3 aromatic rings. The number of hydrogen-bond donors (Lipinski definition) is 0. The Morgan fingerprint density at radius 1 is 1.30 bits per heavy atom. The summed E-state index contributed by atoms with van der Waals surface area (Å²) in [6, 6.07) is 5.65. The predicted octanol–water partition coefficient (Wildman–Crippen LogP) is 3.46. The van der Waals surface area contributed by atoms with Crippen molar-refractivity contribution in [3.8, 4) is 28.7 Å². The average molecular weight is 356 g/mol. The molecule has 0 saturated heterocycles. The number of carbonyl (C=O) groups excluding carboxylic acids is 1. The number of rotatable bonds is 4. The van der Waals surface area contributed by atoms with Gasteiger partial charge in [-0.15, -0.1) is 11.8 Å². The molecule has 8 heteroatoms. The van der Waals surface area contributed by atoms with Gasteiger partial charge in [-0.1, -0.05) is 0 Å². The third-order valence-corrected chi connectivity index (χ3v) is 4.16. The standard InChI is InChI=1S/C15H12N2O3S2.Na.H/c1-9(18)19-15-13(11-5-6-22-8-11)20-14(17-15)10-3-4-12(21-2)16-7-10;;/h3-8H,1-2H3;;. The Morgan fingerprint density at radius 2 is 2.13 bits per heavy atom. The number of ether oxygens (including phenoxy) is 1. The third kappa shape index (κ3) is 4.24. The Balaban J connectivity index is 0.00000192. The molecule has 0 amide bonds. The first kappa shape index (κ1) is 18.2. The number of esters is 1. The van der Waals surface area contributed by atoms with Gasteiger partial charge in [0.1, 0.15) is 0 Å². The zero-order chi connectivity index (χ0) is 15.5. The van der Waals surface area contributed by atoms with E-state index in [1.165, 1.54) is 18.3 Å². The van der Waals surface area contributed by atoms with E-state index < -0.39 is 5.97 Å². The number of thioether (sulfide) groups is 1. The van der Waals surface area contributed by atoms with Gasteiger partial charge in [-0.3, -0.25) is 4.79 Å². The van der Waals surface area contributed by atoms with Crippen LogP contribution in [-0.4, -0.2) is 51.8 Å². The summed E-state index contributed by atoms with van der Waals surface area (Å²) in [6.07, 6.45) is 3.65. The molecule has 3 aromatic heterocycles. The van der Waals surface area contributed by atoms with Crippen LogP contribution in [0.15, 0.2) is 44.6 Å². The molecule has 0 saturated carbocycles. The van der Waals surface area contributed by atoms with E-state index in [0.717, 1.165) is 16.2 Å². The van der Waals surface area contributed by atoms with Crippen LogP contribution in [0.2, 0.25) is 0 Å². The quantitative estimate of drug-likeness (QED) is 0.405. The molecule has 0 bridgehead atoms. The molecule has 0 aromatic carbocycles. The maximum absolute atomic E-state index is 11.2. The van der Waals surface area contributed by atoms with Gasteiger partial charge in [0.05, 0.1) is 10.6 Å². The van der Waals surface area contributed by atoms with E-state index in [4.69, 9.17) is 9.15 Å². The Labute approximate surface area is 163 Å². The van der Waals surface area contributed by atoms with Crippen molar-refractivity contribution >= 4 is 58.6 Å². The second-order valence-corrected chi connectivity index (χ2v) is 5.95. The van der Waals surface area contributed by atoms with E-state index in [-0.39, 0.29) is 35.4 Å². The molecular weight excluding hydrogens is 343 g/mol. The molecule has 3 rings (SSSR count). The van der Waals surface area contributed by atoms with Gasteiger partial charge in [-0.25, -0.2) is 4.98 Å². The maximum atomic E-state index is 11.2. The van der Waals surface area contributed by atoms with Gasteiger partial charge in [0.25, 0.3) is 5.88 Å². The molecule has 0 spiro atoms. The summed E-state index contributed by atoms with van der Waals surface area (Å²) in [4.78, 5) is 19.8. The third-order valence-electron chi connectivity index (χ3n) is 2.81. The van der Waals surface area contributed by atoms with Gasteiger partial charge in [-0.2, -0.15) is 16.3 Å². The van der Waals surface area contributed by atoms with E-state index in [0.29, 0.717) is 11.7 Å². The molecule has 0 aliphatic carbocycles. The number of carbonyl (C=O) groups is 1. The molecule has 0 radical (unpaired) electrons. The van der Waals surface area contributed by atoms with Crippen molar-refractivity contribution < 1.29 is 13.9 Å². The number of hydrogen-bond acceptors (Lipinski definition) is 7. The number of nitrogens with zero attached hydrogens (tertiary/aromatic N) is 2. The van der Waals surface area contributed by atoms with Crippen LogP contribution in [0.3, 0.4) is 0 Å². The SMILES string of the molecule is CSc1ccc(-c2nc(OC(C)=O)c(-c3ccsc3)o2)cn1.[NaH]. The van der Waals surface area contributed by atoms with Gasteiger partial charge >= 0.3 is 35.5 Å². The number of oxazole rings is 1. The first-order chi connectivity index (χ1) is 10.7. The molecular formula is C15H13N2NaO3S2. The zero-order valence-corrected chi connectivity index (χ0v) is 13.5. The monoisotopic (exact) mass is 356 g/mol. The van der Waals surface area contributed by atoms with Crippen molar-refractivity contribution in [1.29, 1.82) is 0 Å². The topological polar surface area (TPSA) is 65.2 Å². The molecule has 5 nitrogen and oxygen atoms in total. The molecule has 114 valence electrons. The van der Waals surface area contributed by atoms with Crippen LogP contribution in [0.4, 0.5) is 0 Å². The fourth-order valence-corrected chi connectivity index (χ4v) is 2.84. The molecule has 0 atom stereocenters. The number of aromatic nitrogens is 2. The second-order valence-electron chi connectivity index (χ2n) is 4.35. The molecule has 0 N–H and O–H groups in total. The van der Waals surface area contributed by atoms with Crippen molar-refractivity contribution in [2.24, 2.45) is 0 Å². The van der Waals surface area contributed by atoms with Crippen LogP contribution >= 0.6 is 23.1 Å². The second kappa shape index (κ2) is 8.12. The number of pyridine rings is 1. The minimum atomic E-state index is -0.438. The van der Waals surface area contributed by atoms with Crippen LogP contribution in [0.5, 0.6) is 5.88 Å². The summed E-state index contributed by atoms with van der Waals surface area (Å²) in [7, 11) is 0. The van der Waals surface area contributed by atoms with Crippen LogP contribution in [0.1, 0.15) is 6.92 Å². The van der Waals surface area contributed by atoms with Crippen molar-refractivity contribution in [3.63, 3.8) is 0 Å². The molecule has 0 aliphatic heterocycles. The Morgan fingerprint density at radius 3 is 2.70 bits per heavy atom. The minimum absolute atomic E-state index is 0. The van der Waals surface area contributed by atoms with Crippen molar-refractivity contribution in [2.45, 2.75) is 11.9 Å². The van der Waals surface area contributed by atoms with Crippen LogP contribution < -0.4 is 4.74 Å². The van der Waals surface area contributed by atoms with E-state index in [2.05, 4.69) is 9.97 Å². The van der Waals surface area contributed by atoms with Gasteiger partial charge in [0.2, 0.25) is 5.89 Å². The average Bonchev–Trinajstić information content (AvgIpc) is 3.16. The fourth-order valence-electron chi connectivity index (χ4n) is 1.84. The summed E-state index contributed by atoms with van der Waals surface area (Å²) >= 11 is 3.09. The molecule has 0 fully saturated rings. The van der Waals surface area contributed by atoms with Gasteiger partial charge in [-0.05, 0) is 29.8 Å². The molecule has 23 heavy (non-hydrogen) atoms. The Hall–Kier alpha value is -1.12. The Kier molecular flexibility index (Phi) is 6.43. The summed E-state index contributed by atoms with van der Waals surface area (Å²) in [5.41, 5.74) is 1.56. The van der Waals surface area contributed by atoms with Crippen molar-refractivity contribution in [2.75, 3.05) is 6.26 Å². The zero-order valence-electron chi connectivity index (χ0n) is 11.9. The van der Waals surface area contributed by atoms with Crippen molar-refractivity contribution in [3.05, 3.63) is 35.2 Å². The summed E-state index contributed by atoms with van der Waals surface area (Å²) in [5, 5.41) is 4.74. The first-order valence-corrected chi connectivity index (χ1v) is 8.56. The normalized spacial score (nSPS) is 10.2. The molecule has 0 unspecified atom stereocenters. The van der Waals surface area contributed by atoms with Gasteiger partial charge in [0, 0.05) is 24.1 Å². The van der Waals surface area contributed by atoms with Crippen LogP contribution in [0.25, 0.3) is 22.8 Å². The molecule has 0 aliphatic rings. The van der Waals surface area contributed by atoms with E-state index in [1.807, 2.05) is 35.2 Å². The van der Waals surface area contributed by atoms with Crippen molar-refractivity contribution in [1.82, 2.24) is 9.97 Å². The van der Waals surface area contributed by atoms with Crippen LogP contribution in [-0.2, 0) is 4.79 Å². The summed E-state index contributed by atoms with van der Waals surface area (Å²) in [6.45, 7) is 1.33. The van der Waals surface area contributed by atoms with E-state index in [1.54, 1.807) is 18.0 Å². The fraction of sp³-hybridized carbons (Fsp3) is 0.133. The Bertz CT molecular complexity index is 786. The van der Waals surface area contributed by atoms with Crippen LogP contribution in [0, 0.1) is 0 Å². The summed E-state index contributed by atoms with van der Waals surface area (Å²) < 4.78 is 10.9.